The molecule has 0 amide bonds. The van der Waals surface area contributed by atoms with Gasteiger partial charge in [0.15, 0.2) is 0 Å². The number of nitro benzene ring substituents is 1. The molecule has 1 aliphatic heterocycles. The Balaban J connectivity index is 1.99. The monoisotopic (exact) mass is 273 g/mol. The summed E-state index contributed by atoms with van der Waals surface area (Å²) < 4.78 is 5.34. The fraction of sp³-hybridized carbons (Fsp3) is 0.357. The first-order chi connectivity index (χ1) is 9.75. The molecule has 1 aliphatic rings. The van der Waals surface area contributed by atoms with Gasteiger partial charge in [-0.15, -0.1) is 0 Å². The number of ether oxygens (including phenoxy) is 1. The van der Waals surface area contributed by atoms with Crippen LogP contribution in [0, 0.1) is 10.1 Å². The molecule has 1 aromatic carbocycles. The molecule has 0 bridgehead atoms. The Hall–Kier alpha value is -2.21. The quantitative estimate of drug-likeness (QED) is 0.687. The van der Waals surface area contributed by atoms with E-state index < -0.39 is 0 Å². The number of benzene rings is 1. The van der Waals surface area contributed by atoms with E-state index >= 15 is 0 Å². The zero-order chi connectivity index (χ0) is 13.9. The summed E-state index contributed by atoms with van der Waals surface area (Å²) in [7, 11) is 0. The normalized spacial score (nSPS) is 16.2. The second kappa shape index (κ2) is 5.42. The molecular weight excluding hydrogens is 258 g/mol. The van der Waals surface area contributed by atoms with E-state index in [1.54, 1.807) is 18.5 Å². The lowest BCUT2D eigenvalue weighted by Crippen LogP contribution is -2.27. The van der Waals surface area contributed by atoms with Gasteiger partial charge in [-0.05, 0) is 25.0 Å². The van der Waals surface area contributed by atoms with Crippen LogP contribution in [-0.2, 0) is 4.74 Å². The molecule has 0 saturated carbocycles. The average Bonchev–Trinajstić information content (AvgIpc) is 2.48. The number of fused-ring (bicyclic) bond motifs is 1. The molecule has 6 heteroatoms. The van der Waals surface area contributed by atoms with Crippen LogP contribution in [0.5, 0.6) is 0 Å². The molecule has 0 unspecified atom stereocenters. The van der Waals surface area contributed by atoms with E-state index in [4.69, 9.17) is 4.74 Å². The molecular formula is C14H15N3O3. The Morgan fingerprint density at radius 2 is 2.05 bits per heavy atom. The van der Waals surface area contributed by atoms with Gasteiger partial charge in [0.25, 0.3) is 5.69 Å². The van der Waals surface area contributed by atoms with E-state index in [0.717, 1.165) is 37.1 Å². The molecule has 6 nitrogen and oxygen atoms in total. The van der Waals surface area contributed by atoms with Crippen molar-refractivity contribution < 1.29 is 9.66 Å². The Morgan fingerprint density at radius 3 is 2.80 bits per heavy atom. The van der Waals surface area contributed by atoms with Crippen molar-refractivity contribution in [1.29, 1.82) is 0 Å². The van der Waals surface area contributed by atoms with E-state index in [9.17, 15) is 10.1 Å². The number of nitrogens with one attached hydrogen (secondary N) is 1. The van der Waals surface area contributed by atoms with E-state index in [2.05, 4.69) is 10.3 Å². The first-order valence-corrected chi connectivity index (χ1v) is 6.61. The van der Waals surface area contributed by atoms with Crippen molar-refractivity contribution in [1.82, 2.24) is 4.98 Å². The summed E-state index contributed by atoms with van der Waals surface area (Å²) in [6.07, 6.45) is 5.09. The topological polar surface area (TPSA) is 77.3 Å². The Morgan fingerprint density at radius 1 is 1.25 bits per heavy atom. The number of pyridine rings is 1. The first kappa shape index (κ1) is 12.8. The molecule has 20 heavy (non-hydrogen) atoms. The Labute approximate surface area is 115 Å². The highest BCUT2D eigenvalue weighted by Gasteiger charge is 2.18. The number of rotatable bonds is 3. The number of hydrogen-bond acceptors (Lipinski definition) is 5. The van der Waals surface area contributed by atoms with Crippen LogP contribution in [-0.4, -0.2) is 29.2 Å². The molecule has 0 aliphatic carbocycles. The van der Waals surface area contributed by atoms with Gasteiger partial charge < -0.3 is 10.1 Å². The summed E-state index contributed by atoms with van der Waals surface area (Å²) in [6.45, 7) is 1.51. The largest absolute Gasteiger partial charge is 0.382 e. The number of nitro groups is 1. The molecule has 0 spiro atoms. The van der Waals surface area contributed by atoms with Gasteiger partial charge in [-0.3, -0.25) is 15.1 Å². The smallest absolute Gasteiger partial charge is 0.278 e. The van der Waals surface area contributed by atoms with Crippen LogP contribution in [0.2, 0.25) is 0 Å². The van der Waals surface area contributed by atoms with Crippen LogP contribution < -0.4 is 5.32 Å². The molecule has 1 N–H and O–H groups in total. The van der Waals surface area contributed by atoms with Gasteiger partial charge in [-0.1, -0.05) is 0 Å². The van der Waals surface area contributed by atoms with Crippen molar-refractivity contribution in [2.45, 2.75) is 18.9 Å². The van der Waals surface area contributed by atoms with Gasteiger partial charge in [0.2, 0.25) is 0 Å². The fourth-order valence-corrected chi connectivity index (χ4v) is 2.52. The van der Waals surface area contributed by atoms with Crippen LogP contribution in [0.15, 0.2) is 30.6 Å². The average molecular weight is 273 g/mol. The third-order valence-corrected chi connectivity index (χ3v) is 3.57. The summed E-state index contributed by atoms with van der Waals surface area (Å²) in [5.74, 6) is 0. The van der Waals surface area contributed by atoms with Gasteiger partial charge in [0, 0.05) is 48.8 Å². The van der Waals surface area contributed by atoms with Crippen molar-refractivity contribution in [3.8, 4) is 0 Å². The Kier molecular flexibility index (Phi) is 3.47. The predicted molar refractivity (Wildman–Crippen MR) is 75.9 cm³/mol. The number of aromatic nitrogens is 1. The van der Waals surface area contributed by atoms with Crippen molar-refractivity contribution >= 4 is 22.1 Å². The lowest BCUT2D eigenvalue weighted by atomic mass is 10.1. The van der Waals surface area contributed by atoms with Crippen LogP contribution >= 0.6 is 0 Å². The summed E-state index contributed by atoms with van der Waals surface area (Å²) >= 11 is 0. The lowest BCUT2D eigenvalue weighted by Gasteiger charge is -2.24. The third-order valence-electron chi connectivity index (χ3n) is 3.57. The van der Waals surface area contributed by atoms with Crippen LogP contribution in [0.25, 0.3) is 10.8 Å². The molecule has 2 aromatic rings. The van der Waals surface area contributed by atoms with Crippen molar-refractivity contribution in [2.24, 2.45) is 0 Å². The zero-order valence-electron chi connectivity index (χ0n) is 10.9. The maximum absolute atomic E-state index is 11.1. The van der Waals surface area contributed by atoms with Crippen LogP contribution in [0.3, 0.4) is 0 Å². The molecule has 0 radical (unpaired) electrons. The third kappa shape index (κ3) is 2.42. The Bertz CT molecular complexity index is 639. The van der Waals surface area contributed by atoms with E-state index in [0.29, 0.717) is 11.4 Å². The van der Waals surface area contributed by atoms with Gasteiger partial charge in [-0.25, -0.2) is 0 Å². The van der Waals surface area contributed by atoms with Gasteiger partial charge in [0.1, 0.15) is 0 Å². The predicted octanol–water partition coefficient (Wildman–Crippen LogP) is 2.73. The minimum Gasteiger partial charge on any atom is -0.382 e. The van der Waals surface area contributed by atoms with E-state index in [-0.39, 0.29) is 10.6 Å². The van der Waals surface area contributed by atoms with Gasteiger partial charge in [0.05, 0.1) is 10.3 Å². The molecule has 3 rings (SSSR count). The minimum atomic E-state index is -0.373. The number of non-ortho nitro benzene ring substituents is 1. The summed E-state index contributed by atoms with van der Waals surface area (Å²) in [5, 5.41) is 15.9. The molecule has 104 valence electrons. The van der Waals surface area contributed by atoms with E-state index in [1.807, 2.05) is 6.07 Å². The first-order valence-electron chi connectivity index (χ1n) is 6.61. The van der Waals surface area contributed by atoms with Crippen LogP contribution in [0.1, 0.15) is 12.8 Å². The highest BCUT2D eigenvalue weighted by Crippen LogP contribution is 2.31. The highest BCUT2D eigenvalue weighted by molar-refractivity contribution is 5.99. The standard InChI is InChI=1S/C14H15N3O3/c18-17(19)14-2-1-13(11-3-6-15-9-12(11)14)16-10-4-7-20-8-5-10/h1-3,6,9-10,16H,4-5,7-8H2. The van der Waals surface area contributed by atoms with Crippen molar-refractivity contribution in [3.63, 3.8) is 0 Å². The maximum atomic E-state index is 11.1. The van der Waals surface area contributed by atoms with Gasteiger partial charge in [-0.2, -0.15) is 0 Å². The molecule has 1 fully saturated rings. The SMILES string of the molecule is O=[N+]([O-])c1ccc(NC2CCOCC2)c2ccncc12. The number of hydrogen-bond donors (Lipinski definition) is 1. The molecule has 0 atom stereocenters. The molecule has 1 saturated heterocycles. The molecule has 2 heterocycles. The summed E-state index contributed by atoms with van der Waals surface area (Å²) in [6, 6.07) is 5.47. The minimum absolute atomic E-state index is 0.0885. The molecule has 1 aromatic heterocycles. The summed E-state index contributed by atoms with van der Waals surface area (Å²) in [4.78, 5) is 14.7. The summed E-state index contributed by atoms with van der Waals surface area (Å²) in [5.41, 5.74) is 1.01. The van der Waals surface area contributed by atoms with Gasteiger partial charge >= 0.3 is 0 Å². The maximum Gasteiger partial charge on any atom is 0.278 e. The second-order valence-electron chi connectivity index (χ2n) is 4.84. The fourth-order valence-electron chi connectivity index (χ4n) is 2.52. The highest BCUT2D eigenvalue weighted by atomic mass is 16.6. The van der Waals surface area contributed by atoms with E-state index in [1.165, 1.54) is 6.07 Å². The number of nitrogens with zero attached hydrogens (tertiary/aromatic N) is 2. The zero-order valence-corrected chi connectivity index (χ0v) is 10.9. The second-order valence-corrected chi connectivity index (χ2v) is 4.84. The lowest BCUT2D eigenvalue weighted by molar-refractivity contribution is -0.383. The van der Waals surface area contributed by atoms with Crippen molar-refractivity contribution in [2.75, 3.05) is 18.5 Å². The number of anilines is 1. The van der Waals surface area contributed by atoms with Crippen LogP contribution in [0.4, 0.5) is 11.4 Å². The van der Waals surface area contributed by atoms with Crippen molar-refractivity contribution in [3.05, 3.63) is 40.7 Å².